The van der Waals surface area contributed by atoms with Gasteiger partial charge < -0.3 is 5.73 Å². The maximum absolute atomic E-state index is 5.87. The average Bonchev–Trinajstić information content (AvgIpc) is 2.57. The molecule has 1 unspecified atom stereocenters. The number of anilines is 1. The first-order valence-corrected chi connectivity index (χ1v) is 5.50. The molecular weight excluding hydrogens is 188 g/mol. The Morgan fingerprint density at radius 1 is 1.53 bits per heavy atom. The predicted molar refractivity (Wildman–Crippen MR) is 60.2 cm³/mol. The lowest BCUT2D eigenvalue weighted by Crippen LogP contribution is -2.29. The molecule has 1 aromatic rings. The fourth-order valence-corrected chi connectivity index (χ4v) is 2.31. The minimum absolute atomic E-state index is 0.408. The van der Waals surface area contributed by atoms with Crippen LogP contribution in [0.15, 0.2) is 6.33 Å². The van der Waals surface area contributed by atoms with E-state index in [0.29, 0.717) is 17.9 Å². The number of hydrogen-bond acceptors (Lipinski definition) is 4. The Balaban J connectivity index is 2.41. The van der Waals surface area contributed by atoms with Crippen molar-refractivity contribution in [3.63, 3.8) is 0 Å². The molecule has 4 nitrogen and oxygen atoms in total. The molecular formula is C11H18N4. The highest BCUT2D eigenvalue weighted by atomic mass is 15.2. The molecule has 1 aliphatic rings. The summed E-state index contributed by atoms with van der Waals surface area (Å²) in [5.41, 5.74) is 8.12. The van der Waals surface area contributed by atoms with Crippen LogP contribution in [0, 0.1) is 0 Å². The first-order chi connectivity index (χ1) is 7.15. The molecule has 15 heavy (non-hydrogen) atoms. The van der Waals surface area contributed by atoms with E-state index >= 15 is 0 Å². The summed E-state index contributed by atoms with van der Waals surface area (Å²) in [6.07, 6.45) is 2.64. The van der Waals surface area contributed by atoms with E-state index in [4.69, 9.17) is 5.73 Å². The lowest BCUT2D eigenvalue weighted by atomic mass is 10.1. The summed E-state index contributed by atoms with van der Waals surface area (Å²) in [7, 11) is 0. The normalized spacial score (nSPS) is 20.9. The summed E-state index contributed by atoms with van der Waals surface area (Å²) < 4.78 is 0. The molecule has 0 amide bonds. The van der Waals surface area contributed by atoms with Gasteiger partial charge in [-0.2, -0.15) is 0 Å². The molecule has 2 N–H and O–H groups in total. The van der Waals surface area contributed by atoms with E-state index in [9.17, 15) is 0 Å². The van der Waals surface area contributed by atoms with E-state index in [2.05, 4.69) is 35.6 Å². The van der Waals surface area contributed by atoms with Gasteiger partial charge in [0.15, 0.2) is 0 Å². The SMILES string of the molecule is CCC1c2ncnc(N)c2CN1C(C)C. The zero-order chi connectivity index (χ0) is 11.0. The molecule has 1 aliphatic heterocycles. The zero-order valence-corrected chi connectivity index (χ0v) is 9.57. The van der Waals surface area contributed by atoms with Gasteiger partial charge in [-0.15, -0.1) is 0 Å². The topological polar surface area (TPSA) is 55.0 Å². The summed E-state index contributed by atoms with van der Waals surface area (Å²) in [5.74, 6) is 0.640. The molecule has 0 spiro atoms. The average molecular weight is 206 g/mol. The number of hydrogen-bond donors (Lipinski definition) is 1. The van der Waals surface area contributed by atoms with Crippen LogP contribution >= 0.6 is 0 Å². The van der Waals surface area contributed by atoms with Crippen molar-refractivity contribution in [1.82, 2.24) is 14.9 Å². The van der Waals surface area contributed by atoms with Gasteiger partial charge in [0.2, 0.25) is 0 Å². The van der Waals surface area contributed by atoms with Gasteiger partial charge in [0.25, 0.3) is 0 Å². The Hall–Kier alpha value is -1.16. The molecule has 1 atom stereocenters. The van der Waals surface area contributed by atoms with Crippen molar-refractivity contribution in [3.05, 3.63) is 17.6 Å². The van der Waals surface area contributed by atoms with Crippen molar-refractivity contribution >= 4 is 5.82 Å². The van der Waals surface area contributed by atoms with Gasteiger partial charge in [-0.3, -0.25) is 4.90 Å². The van der Waals surface area contributed by atoms with Gasteiger partial charge in [0.05, 0.1) is 11.7 Å². The summed E-state index contributed by atoms with van der Waals surface area (Å²) in [5, 5.41) is 0. The highest BCUT2D eigenvalue weighted by Gasteiger charge is 2.33. The van der Waals surface area contributed by atoms with E-state index in [0.717, 1.165) is 24.2 Å². The highest BCUT2D eigenvalue weighted by Crippen LogP contribution is 2.37. The number of rotatable bonds is 2. The monoisotopic (exact) mass is 206 g/mol. The van der Waals surface area contributed by atoms with Crippen LogP contribution in [-0.2, 0) is 6.54 Å². The van der Waals surface area contributed by atoms with Gasteiger partial charge in [0, 0.05) is 18.2 Å². The van der Waals surface area contributed by atoms with E-state index in [1.54, 1.807) is 6.33 Å². The largest absolute Gasteiger partial charge is 0.383 e. The molecule has 4 heteroatoms. The molecule has 0 fully saturated rings. The number of fused-ring (bicyclic) bond motifs is 1. The second kappa shape index (κ2) is 3.77. The third-order valence-electron chi connectivity index (χ3n) is 3.12. The number of aromatic nitrogens is 2. The zero-order valence-electron chi connectivity index (χ0n) is 9.57. The van der Waals surface area contributed by atoms with E-state index in [1.165, 1.54) is 0 Å². The first-order valence-electron chi connectivity index (χ1n) is 5.50. The molecule has 0 aliphatic carbocycles. The van der Waals surface area contributed by atoms with Gasteiger partial charge >= 0.3 is 0 Å². The molecule has 0 saturated heterocycles. The third kappa shape index (κ3) is 1.59. The Morgan fingerprint density at radius 2 is 2.27 bits per heavy atom. The van der Waals surface area contributed by atoms with E-state index < -0.39 is 0 Å². The van der Waals surface area contributed by atoms with Crippen molar-refractivity contribution in [2.45, 2.75) is 45.8 Å². The molecule has 0 bridgehead atoms. The lowest BCUT2D eigenvalue weighted by Gasteiger charge is -2.27. The van der Waals surface area contributed by atoms with Crippen LogP contribution < -0.4 is 5.73 Å². The Kier molecular flexibility index (Phi) is 2.61. The summed E-state index contributed by atoms with van der Waals surface area (Å²) in [6, 6.07) is 0.925. The van der Waals surface area contributed by atoms with Crippen LogP contribution in [0.1, 0.15) is 44.5 Å². The number of nitrogens with two attached hydrogens (primary N) is 1. The van der Waals surface area contributed by atoms with Crippen molar-refractivity contribution in [2.24, 2.45) is 0 Å². The highest BCUT2D eigenvalue weighted by molar-refractivity contribution is 5.44. The third-order valence-corrected chi connectivity index (χ3v) is 3.12. The number of nitrogen functional groups attached to an aromatic ring is 1. The van der Waals surface area contributed by atoms with Crippen molar-refractivity contribution < 1.29 is 0 Å². The smallest absolute Gasteiger partial charge is 0.131 e. The van der Waals surface area contributed by atoms with Gasteiger partial charge in [-0.1, -0.05) is 6.92 Å². The van der Waals surface area contributed by atoms with Crippen molar-refractivity contribution in [1.29, 1.82) is 0 Å². The molecule has 0 saturated carbocycles. The summed E-state index contributed by atoms with van der Waals surface area (Å²) in [6.45, 7) is 7.49. The fraction of sp³-hybridized carbons (Fsp3) is 0.636. The molecule has 1 aromatic heterocycles. The standard InChI is InChI=1S/C11H18N4/c1-4-9-10-8(5-15(9)7(2)3)11(12)14-6-13-10/h6-7,9H,4-5H2,1-3H3,(H2,12,13,14). The fourth-order valence-electron chi connectivity index (χ4n) is 2.31. The molecule has 0 aromatic carbocycles. The maximum atomic E-state index is 5.87. The van der Waals surface area contributed by atoms with Crippen LogP contribution in [0.2, 0.25) is 0 Å². The summed E-state index contributed by atoms with van der Waals surface area (Å²) >= 11 is 0. The van der Waals surface area contributed by atoms with Crippen LogP contribution in [0.3, 0.4) is 0 Å². The minimum Gasteiger partial charge on any atom is -0.383 e. The van der Waals surface area contributed by atoms with Crippen LogP contribution in [0.4, 0.5) is 5.82 Å². The predicted octanol–water partition coefficient (Wildman–Crippen LogP) is 1.73. The number of nitrogens with zero attached hydrogens (tertiary/aromatic N) is 3. The Labute approximate surface area is 90.5 Å². The second-order valence-corrected chi connectivity index (χ2v) is 4.31. The maximum Gasteiger partial charge on any atom is 0.131 e. The van der Waals surface area contributed by atoms with Crippen molar-refractivity contribution in [3.8, 4) is 0 Å². The van der Waals surface area contributed by atoms with Crippen LogP contribution in [-0.4, -0.2) is 20.9 Å². The van der Waals surface area contributed by atoms with Gasteiger partial charge in [-0.05, 0) is 20.3 Å². The molecule has 82 valence electrons. The van der Waals surface area contributed by atoms with E-state index in [1.807, 2.05) is 0 Å². The van der Waals surface area contributed by atoms with E-state index in [-0.39, 0.29) is 0 Å². The minimum atomic E-state index is 0.408. The Bertz CT molecular complexity index is 362. The lowest BCUT2D eigenvalue weighted by molar-refractivity contribution is 0.162. The first kappa shape index (κ1) is 10.4. The van der Waals surface area contributed by atoms with Gasteiger partial charge in [-0.25, -0.2) is 9.97 Å². The van der Waals surface area contributed by atoms with Gasteiger partial charge in [0.1, 0.15) is 12.1 Å². The quantitative estimate of drug-likeness (QED) is 0.800. The molecule has 0 radical (unpaired) electrons. The Morgan fingerprint density at radius 3 is 2.87 bits per heavy atom. The second-order valence-electron chi connectivity index (χ2n) is 4.31. The molecule has 2 rings (SSSR count). The summed E-state index contributed by atoms with van der Waals surface area (Å²) in [4.78, 5) is 10.9. The van der Waals surface area contributed by atoms with Crippen LogP contribution in [0.25, 0.3) is 0 Å². The van der Waals surface area contributed by atoms with Crippen LogP contribution in [0.5, 0.6) is 0 Å². The van der Waals surface area contributed by atoms with Crippen molar-refractivity contribution in [2.75, 3.05) is 5.73 Å². The molecule has 2 heterocycles.